The summed E-state index contributed by atoms with van der Waals surface area (Å²) >= 11 is 0. The predicted octanol–water partition coefficient (Wildman–Crippen LogP) is 2.28. The van der Waals surface area contributed by atoms with Gasteiger partial charge in [0.15, 0.2) is 0 Å². The van der Waals surface area contributed by atoms with Crippen molar-refractivity contribution in [1.82, 2.24) is 0 Å². The molecule has 0 aliphatic rings. The summed E-state index contributed by atoms with van der Waals surface area (Å²) in [6.07, 6.45) is 0.760. The lowest BCUT2D eigenvalue weighted by Gasteiger charge is -2.08. The number of ether oxygens (including phenoxy) is 1. The molecular formula is C17H17N2O3-. The van der Waals surface area contributed by atoms with Gasteiger partial charge in [0.1, 0.15) is 5.75 Å². The number of nitrogens with one attached hydrogen (secondary N) is 1. The second-order valence-corrected chi connectivity index (χ2v) is 4.62. The van der Waals surface area contributed by atoms with Crippen LogP contribution in [0.1, 0.15) is 29.3 Å². The lowest BCUT2D eigenvalue weighted by atomic mass is 10.1. The molecule has 0 spiro atoms. The number of hydrogen-bond donors (Lipinski definition) is 1. The third-order valence-electron chi connectivity index (χ3n) is 3.20. The van der Waals surface area contributed by atoms with E-state index in [9.17, 15) is 9.90 Å². The maximum Gasteiger partial charge on any atom is 0.118 e. The van der Waals surface area contributed by atoms with E-state index < -0.39 is 5.97 Å². The van der Waals surface area contributed by atoms with E-state index in [0.717, 1.165) is 23.4 Å². The van der Waals surface area contributed by atoms with Gasteiger partial charge in [0.25, 0.3) is 0 Å². The number of carboxylic acids is 1. The minimum Gasteiger partial charge on any atom is -0.545 e. The monoisotopic (exact) mass is 297 g/mol. The molecule has 1 N–H and O–H groups in total. The zero-order chi connectivity index (χ0) is 15.9. The Morgan fingerprint density at radius 1 is 1.09 bits per heavy atom. The second kappa shape index (κ2) is 7.26. The largest absolute Gasteiger partial charge is 0.545 e. The van der Waals surface area contributed by atoms with E-state index in [1.165, 1.54) is 12.1 Å². The van der Waals surface area contributed by atoms with E-state index in [-0.39, 0.29) is 5.56 Å². The van der Waals surface area contributed by atoms with Crippen molar-refractivity contribution in [2.24, 2.45) is 5.10 Å². The average Bonchev–Trinajstić information content (AvgIpc) is 2.56. The van der Waals surface area contributed by atoms with Gasteiger partial charge in [0.2, 0.25) is 0 Å². The van der Waals surface area contributed by atoms with Crippen LogP contribution in [0.15, 0.2) is 53.6 Å². The van der Waals surface area contributed by atoms with Crippen LogP contribution < -0.4 is 15.3 Å². The highest BCUT2D eigenvalue weighted by Crippen LogP contribution is 2.14. The van der Waals surface area contributed by atoms with Gasteiger partial charge >= 0.3 is 0 Å². The van der Waals surface area contributed by atoms with E-state index in [2.05, 4.69) is 10.5 Å². The molecule has 2 aromatic carbocycles. The van der Waals surface area contributed by atoms with Crippen molar-refractivity contribution in [3.63, 3.8) is 0 Å². The van der Waals surface area contributed by atoms with Crippen LogP contribution in [0.3, 0.4) is 0 Å². The first-order valence-corrected chi connectivity index (χ1v) is 6.92. The number of benzene rings is 2. The van der Waals surface area contributed by atoms with Crippen LogP contribution in [-0.2, 0) is 0 Å². The minimum atomic E-state index is -1.19. The molecule has 0 unspecified atom stereocenters. The van der Waals surface area contributed by atoms with Gasteiger partial charge in [-0.2, -0.15) is 5.10 Å². The Labute approximate surface area is 129 Å². The van der Waals surface area contributed by atoms with Gasteiger partial charge in [-0.05, 0) is 53.9 Å². The fourth-order valence-electron chi connectivity index (χ4n) is 1.94. The molecule has 0 fully saturated rings. The molecule has 2 rings (SSSR count). The summed E-state index contributed by atoms with van der Waals surface area (Å²) < 4.78 is 5.13. The lowest BCUT2D eigenvalue weighted by molar-refractivity contribution is -0.255. The fraction of sp³-hybridized carbons (Fsp3) is 0.176. The van der Waals surface area contributed by atoms with Crippen LogP contribution >= 0.6 is 0 Å². The Bertz CT molecular complexity index is 661. The quantitative estimate of drug-likeness (QED) is 0.656. The maximum absolute atomic E-state index is 10.7. The number of carboxylic acid groups (broad SMARTS) is 1. The molecule has 5 nitrogen and oxygen atoms in total. The Balaban J connectivity index is 2.12. The number of carbonyl (C=O) groups excluding carboxylic acids is 1. The maximum atomic E-state index is 10.7. The average molecular weight is 297 g/mol. The van der Waals surface area contributed by atoms with Crippen LogP contribution in [0.25, 0.3) is 0 Å². The molecule has 0 saturated carbocycles. The SMILES string of the molecule is CC/C(=N/Nc1ccc(C(=O)[O-])cc1)c1ccc(OC)cc1. The number of anilines is 1. The zero-order valence-electron chi connectivity index (χ0n) is 12.5. The lowest BCUT2D eigenvalue weighted by Crippen LogP contribution is -2.21. The van der Waals surface area contributed by atoms with Crippen LogP contribution in [0, 0.1) is 0 Å². The van der Waals surface area contributed by atoms with Gasteiger partial charge in [-0.25, -0.2) is 0 Å². The molecule has 0 bridgehead atoms. The first-order valence-electron chi connectivity index (χ1n) is 6.92. The van der Waals surface area contributed by atoms with Crippen molar-refractivity contribution in [3.8, 4) is 5.75 Å². The van der Waals surface area contributed by atoms with Gasteiger partial charge in [-0.15, -0.1) is 0 Å². The van der Waals surface area contributed by atoms with Gasteiger partial charge in [0, 0.05) is 0 Å². The molecule has 0 aliphatic carbocycles. The van der Waals surface area contributed by atoms with Crippen molar-refractivity contribution in [3.05, 3.63) is 59.7 Å². The number of rotatable bonds is 6. The zero-order valence-corrected chi connectivity index (χ0v) is 12.5. The second-order valence-electron chi connectivity index (χ2n) is 4.62. The summed E-state index contributed by atoms with van der Waals surface area (Å²) in [6.45, 7) is 2.02. The molecule has 2 aromatic rings. The fourth-order valence-corrected chi connectivity index (χ4v) is 1.94. The van der Waals surface area contributed by atoms with Gasteiger partial charge in [-0.3, -0.25) is 5.43 Å². The molecule has 0 radical (unpaired) electrons. The first-order chi connectivity index (χ1) is 10.6. The number of aromatic carboxylic acids is 1. The van der Waals surface area contributed by atoms with E-state index in [0.29, 0.717) is 5.69 Å². The molecule has 0 aromatic heterocycles. The Morgan fingerprint density at radius 2 is 1.68 bits per heavy atom. The van der Waals surface area contributed by atoms with Crippen LogP contribution in [0.4, 0.5) is 5.69 Å². The predicted molar refractivity (Wildman–Crippen MR) is 84.2 cm³/mol. The highest BCUT2D eigenvalue weighted by atomic mass is 16.5. The van der Waals surface area contributed by atoms with Crippen molar-refractivity contribution in [2.75, 3.05) is 12.5 Å². The van der Waals surface area contributed by atoms with E-state index in [1.807, 2.05) is 31.2 Å². The molecule has 22 heavy (non-hydrogen) atoms. The number of nitrogens with zero attached hydrogens (tertiary/aromatic N) is 1. The molecule has 0 aliphatic heterocycles. The van der Waals surface area contributed by atoms with Crippen molar-refractivity contribution in [1.29, 1.82) is 0 Å². The first kappa shape index (κ1) is 15.6. The number of hydrogen-bond acceptors (Lipinski definition) is 5. The summed E-state index contributed by atoms with van der Waals surface area (Å²) in [6, 6.07) is 13.9. The van der Waals surface area contributed by atoms with E-state index in [1.54, 1.807) is 19.2 Å². The van der Waals surface area contributed by atoms with Crippen molar-refractivity contribution in [2.45, 2.75) is 13.3 Å². The third kappa shape index (κ3) is 3.85. The highest BCUT2D eigenvalue weighted by Gasteiger charge is 2.02. The summed E-state index contributed by atoms with van der Waals surface area (Å²) in [5, 5.41) is 15.1. The van der Waals surface area contributed by atoms with E-state index >= 15 is 0 Å². The molecule has 0 atom stereocenters. The standard InChI is InChI=1S/C17H18N2O3/c1-3-16(12-6-10-15(22-2)11-7-12)19-18-14-8-4-13(5-9-14)17(20)21/h4-11,18H,3H2,1-2H3,(H,20,21)/p-1/b19-16-. The van der Waals surface area contributed by atoms with Crippen molar-refractivity contribution >= 4 is 17.4 Å². The van der Waals surface area contributed by atoms with Crippen LogP contribution in [0.5, 0.6) is 5.75 Å². The van der Waals surface area contributed by atoms with Crippen LogP contribution in [-0.4, -0.2) is 18.8 Å². The summed E-state index contributed by atoms with van der Waals surface area (Å²) in [5.74, 6) is -0.396. The Morgan fingerprint density at radius 3 is 2.18 bits per heavy atom. The normalized spacial score (nSPS) is 11.1. The summed E-state index contributed by atoms with van der Waals surface area (Å²) in [7, 11) is 1.63. The number of hydrazone groups is 1. The third-order valence-corrected chi connectivity index (χ3v) is 3.20. The summed E-state index contributed by atoms with van der Waals surface area (Å²) in [5.41, 5.74) is 5.68. The molecule has 0 amide bonds. The molecule has 0 heterocycles. The van der Waals surface area contributed by atoms with Crippen LogP contribution in [0.2, 0.25) is 0 Å². The molecular weight excluding hydrogens is 280 g/mol. The summed E-state index contributed by atoms with van der Waals surface area (Å²) in [4.78, 5) is 10.7. The van der Waals surface area contributed by atoms with Gasteiger partial charge in [0.05, 0.1) is 24.5 Å². The van der Waals surface area contributed by atoms with Crippen molar-refractivity contribution < 1.29 is 14.6 Å². The Kier molecular flexibility index (Phi) is 5.14. The number of carbonyl (C=O) groups is 1. The minimum absolute atomic E-state index is 0.139. The molecule has 5 heteroatoms. The number of methoxy groups -OCH3 is 1. The molecule has 0 saturated heterocycles. The Hall–Kier alpha value is -2.82. The van der Waals surface area contributed by atoms with Gasteiger partial charge in [-0.1, -0.05) is 19.1 Å². The molecule has 114 valence electrons. The topological polar surface area (TPSA) is 73.8 Å². The van der Waals surface area contributed by atoms with E-state index in [4.69, 9.17) is 4.74 Å². The highest BCUT2D eigenvalue weighted by molar-refractivity contribution is 6.00. The smallest absolute Gasteiger partial charge is 0.118 e. The van der Waals surface area contributed by atoms with Gasteiger partial charge < -0.3 is 14.6 Å².